The minimum absolute atomic E-state index is 0.404. The van der Waals surface area contributed by atoms with E-state index in [9.17, 15) is 0 Å². The van der Waals surface area contributed by atoms with Crippen molar-refractivity contribution in [2.45, 2.75) is 6.92 Å². The highest BCUT2D eigenvalue weighted by molar-refractivity contribution is 6.44. The van der Waals surface area contributed by atoms with Crippen LogP contribution in [0.15, 0.2) is 12.1 Å². The van der Waals surface area contributed by atoms with Crippen molar-refractivity contribution in [1.82, 2.24) is 9.78 Å². The van der Waals surface area contributed by atoms with Gasteiger partial charge in [0.25, 0.3) is 0 Å². The summed E-state index contributed by atoms with van der Waals surface area (Å²) in [4.78, 5) is 0. The number of nitrogen functional groups attached to an aromatic ring is 1. The van der Waals surface area contributed by atoms with E-state index in [0.717, 1.165) is 5.69 Å². The molecule has 4 nitrogen and oxygen atoms in total. The average Bonchev–Trinajstić information content (AvgIpc) is 2.52. The Morgan fingerprint density at radius 3 is 2.33 bits per heavy atom. The first-order valence-electron chi connectivity index (χ1n) is 5.10. The maximum atomic E-state index is 6.09. The highest BCUT2D eigenvalue weighted by atomic mass is 35.5. The van der Waals surface area contributed by atoms with E-state index in [4.69, 9.17) is 40.5 Å². The first kappa shape index (κ1) is 13.3. The Balaban J connectivity index is 2.43. The van der Waals surface area contributed by atoms with Crippen LogP contribution in [0.4, 0.5) is 17.2 Å². The van der Waals surface area contributed by atoms with Crippen LogP contribution < -0.4 is 11.1 Å². The molecule has 0 atom stereocenters. The number of benzene rings is 1. The topological polar surface area (TPSA) is 55.9 Å². The van der Waals surface area contributed by atoms with Crippen molar-refractivity contribution >= 4 is 52.0 Å². The summed E-state index contributed by atoms with van der Waals surface area (Å²) in [7, 11) is 1.79. The number of hydrogen-bond donors (Lipinski definition) is 2. The van der Waals surface area contributed by atoms with Gasteiger partial charge < -0.3 is 11.1 Å². The summed E-state index contributed by atoms with van der Waals surface area (Å²) < 4.78 is 1.64. The summed E-state index contributed by atoms with van der Waals surface area (Å²) >= 11 is 17.9. The average molecular weight is 306 g/mol. The summed E-state index contributed by atoms with van der Waals surface area (Å²) in [6.07, 6.45) is 0. The van der Waals surface area contributed by atoms with Gasteiger partial charge in [-0.25, -0.2) is 0 Å². The molecule has 0 fully saturated rings. The van der Waals surface area contributed by atoms with Crippen LogP contribution in [0.3, 0.4) is 0 Å². The highest BCUT2D eigenvalue weighted by Gasteiger charge is 2.13. The maximum absolute atomic E-state index is 6.09. The van der Waals surface area contributed by atoms with Gasteiger partial charge in [0.2, 0.25) is 0 Å². The third-order valence-electron chi connectivity index (χ3n) is 2.53. The van der Waals surface area contributed by atoms with Gasteiger partial charge in [0, 0.05) is 7.05 Å². The Hall–Kier alpha value is -1.10. The monoisotopic (exact) mass is 304 g/mol. The van der Waals surface area contributed by atoms with Crippen LogP contribution >= 0.6 is 34.8 Å². The summed E-state index contributed by atoms with van der Waals surface area (Å²) in [6.45, 7) is 1.83. The fraction of sp³-hybridized carbons (Fsp3) is 0.182. The molecule has 1 aromatic carbocycles. The van der Waals surface area contributed by atoms with E-state index in [2.05, 4.69) is 10.4 Å². The lowest BCUT2D eigenvalue weighted by Crippen LogP contribution is -2.01. The molecule has 0 aliphatic rings. The fourth-order valence-corrected chi connectivity index (χ4v) is 2.16. The molecule has 18 heavy (non-hydrogen) atoms. The molecule has 0 bridgehead atoms. The van der Waals surface area contributed by atoms with Crippen LogP contribution in [0.25, 0.3) is 0 Å². The van der Waals surface area contributed by atoms with Gasteiger partial charge in [0.15, 0.2) is 5.82 Å². The first-order valence-corrected chi connectivity index (χ1v) is 6.24. The maximum Gasteiger partial charge on any atom is 0.152 e. The van der Waals surface area contributed by atoms with E-state index < -0.39 is 0 Å². The van der Waals surface area contributed by atoms with Crippen LogP contribution in [0.1, 0.15) is 5.69 Å². The Morgan fingerprint density at radius 2 is 1.78 bits per heavy atom. The molecule has 0 spiro atoms. The number of nitrogens with two attached hydrogens (primary N) is 1. The van der Waals surface area contributed by atoms with Crippen molar-refractivity contribution in [2.24, 2.45) is 7.05 Å². The zero-order valence-corrected chi connectivity index (χ0v) is 12.0. The Kier molecular flexibility index (Phi) is 3.61. The van der Waals surface area contributed by atoms with Crippen molar-refractivity contribution in [3.8, 4) is 0 Å². The van der Waals surface area contributed by atoms with E-state index in [0.29, 0.717) is 32.3 Å². The predicted molar refractivity (Wildman–Crippen MR) is 77.1 cm³/mol. The third kappa shape index (κ3) is 2.36. The third-order valence-corrected chi connectivity index (χ3v) is 3.57. The highest BCUT2D eigenvalue weighted by Crippen LogP contribution is 2.35. The quantitative estimate of drug-likeness (QED) is 0.824. The van der Waals surface area contributed by atoms with Crippen LogP contribution in [0.5, 0.6) is 0 Å². The van der Waals surface area contributed by atoms with Crippen molar-refractivity contribution < 1.29 is 0 Å². The lowest BCUT2D eigenvalue weighted by molar-refractivity contribution is 0.765. The molecule has 0 unspecified atom stereocenters. The van der Waals surface area contributed by atoms with Crippen LogP contribution in [0, 0.1) is 6.92 Å². The normalized spacial score (nSPS) is 10.7. The van der Waals surface area contributed by atoms with Crippen molar-refractivity contribution in [2.75, 3.05) is 11.1 Å². The summed E-state index contributed by atoms with van der Waals surface area (Å²) in [6, 6.07) is 3.22. The molecule has 0 saturated heterocycles. The van der Waals surface area contributed by atoms with Crippen molar-refractivity contribution in [3.63, 3.8) is 0 Å². The number of rotatable bonds is 2. The van der Waals surface area contributed by atoms with Gasteiger partial charge in [0.1, 0.15) is 0 Å². The minimum atomic E-state index is 0.404. The number of hydrogen-bond acceptors (Lipinski definition) is 3. The second-order valence-electron chi connectivity index (χ2n) is 3.84. The molecule has 0 radical (unpaired) electrons. The number of halogens is 3. The lowest BCUT2D eigenvalue weighted by Gasteiger charge is -2.10. The molecule has 1 heterocycles. The van der Waals surface area contributed by atoms with E-state index in [1.165, 1.54) is 0 Å². The minimum Gasteiger partial charge on any atom is -0.394 e. The lowest BCUT2D eigenvalue weighted by atomic mass is 10.3. The number of nitrogens with one attached hydrogen (secondary N) is 1. The van der Waals surface area contributed by atoms with Gasteiger partial charge >= 0.3 is 0 Å². The van der Waals surface area contributed by atoms with Crippen LogP contribution in [-0.4, -0.2) is 9.78 Å². The van der Waals surface area contributed by atoms with Crippen molar-refractivity contribution in [1.29, 1.82) is 0 Å². The number of aromatic nitrogens is 2. The standard InChI is InChI=1S/C11H11Cl3N4/c1-5-10(15)11(18(2)17-5)16-9-4-7(13)6(12)3-8(9)14/h3-4,16H,15H2,1-2H3. The van der Waals surface area contributed by atoms with Gasteiger partial charge in [-0.3, -0.25) is 4.68 Å². The molecule has 3 N–H and O–H groups in total. The summed E-state index contributed by atoms with van der Waals surface area (Å²) in [5.41, 5.74) is 7.86. The molecular formula is C11H11Cl3N4. The van der Waals surface area contributed by atoms with E-state index in [1.54, 1.807) is 23.9 Å². The molecule has 0 saturated carbocycles. The van der Waals surface area contributed by atoms with E-state index in [-0.39, 0.29) is 0 Å². The SMILES string of the molecule is Cc1nn(C)c(Nc2cc(Cl)c(Cl)cc2Cl)c1N. The molecule has 0 aliphatic carbocycles. The largest absolute Gasteiger partial charge is 0.394 e. The van der Waals surface area contributed by atoms with E-state index in [1.807, 2.05) is 6.92 Å². The zero-order valence-electron chi connectivity index (χ0n) is 9.76. The van der Waals surface area contributed by atoms with Gasteiger partial charge in [-0.2, -0.15) is 5.10 Å². The van der Waals surface area contributed by atoms with Gasteiger partial charge in [0.05, 0.1) is 32.1 Å². The molecule has 96 valence electrons. The van der Waals surface area contributed by atoms with Crippen LogP contribution in [0.2, 0.25) is 15.1 Å². The van der Waals surface area contributed by atoms with Gasteiger partial charge in [-0.15, -0.1) is 0 Å². The summed E-state index contributed by atoms with van der Waals surface area (Å²) in [5.74, 6) is 0.660. The first-order chi connectivity index (χ1) is 8.40. The smallest absolute Gasteiger partial charge is 0.152 e. The van der Waals surface area contributed by atoms with Gasteiger partial charge in [-0.1, -0.05) is 34.8 Å². The van der Waals surface area contributed by atoms with E-state index >= 15 is 0 Å². The Morgan fingerprint density at radius 1 is 1.17 bits per heavy atom. The molecule has 2 rings (SSSR count). The predicted octanol–water partition coefficient (Wildman–Crippen LogP) is 4.01. The molecule has 0 amide bonds. The number of nitrogens with zero attached hydrogens (tertiary/aromatic N) is 2. The number of aryl methyl sites for hydroxylation is 2. The Labute approximate surface area is 120 Å². The second-order valence-corrected chi connectivity index (χ2v) is 5.06. The molecule has 7 heteroatoms. The Bertz CT molecular complexity index is 607. The van der Waals surface area contributed by atoms with Gasteiger partial charge in [-0.05, 0) is 19.1 Å². The van der Waals surface area contributed by atoms with Crippen LogP contribution in [-0.2, 0) is 7.05 Å². The molecule has 1 aromatic heterocycles. The second kappa shape index (κ2) is 4.88. The van der Waals surface area contributed by atoms with Crippen molar-refractivity contribution in [3.05, 3.63) is 32.9 Å². The summed E-state index contributed by atoms with van der Waals surface area (Å²) in [5, 5.41) is 8.58. The number of anilines is 3. The molecular weight excluding hydrogens is 295 g/mol. The zero-order chi connectivity index (χ0) is 13.4. The fourth-order valence-electron chi connectivity index (χ4n) is 1.57. The molecule has 0 aliphatic heterocycles. The molecule has 2 aromatic rings.